The van der Waals surface area contributed by atoms with E-state index in [-0.39, 0.29) is 11.4 Å². The molecule has 0 atom stereocenters. The number of halogens is 2. The van der Waals surface area contributed by atoms with Crippen LogP contribution >= 0.6 is 15.9 Å². The fraction of sp³-hybridized carbons (Fsp3) is 0.0909. The summed E-state index contributed by atoms with van der Waals surface area (Å²) < 4.78 is 18.9. The third kappa shape index (κ3) is 2.71. The molecule has 1 N–H and O–H groups in total. The van der Waals surface area contributed by atoms with Crippen molar-refractivity contribution >= 4 is 27.5 Å². The zero-order chi connectivity index (χ0) is 12.4. The van der Waals surface area contributed by atoms with Crippen LogP contribution in [0.25, 0.3) is 0 Å². The molecule has 0 bridgehead atoms. The van der Waals surface area contributed by atoms with Crippen LogP contribution in [-0.4, -0.2) is 10.9 Å². The van der Waals surface area contributed by atoms with Crippen LogP contribution in [0.2, 0.25) is 0 Å². The zero-order valence-electron chi connectivity index (χ0n) is 8.83. The average molecular weight is 299 g/mol. The van der Waals surface area contributed by atoms with Gasteiger partial charge >= 0.3 is 0 Å². The summed E-state index contributed by atoms with van der Waals surface area (Å²) in [6.07, 6.45) is 1.22. The molecule has 0 saturated heterocycles. The molecule has 2 aromatic rings. The third-order valence-corrected chi connectivity index (χ3v) is 2.52. The largest absolute Gasteiger partial charge is 0.448 e. The SMILES string of the molecule is Cc1nc(C(=O)Nc2ccc(Br)cc2F)co1. The third-order valence-electron chi connectivity index (χ3n) is 2.03. The van der Waals surface area contributed by atoms with Gasteiger partial charge in [0.05, 0.1) is 5.69 Å². The van der Waals surface area contributed by atoms with E-state index in [9.17, 15) is 9.18 Å². The van der Waals surface area contributed by atoms with Crippen LogP contribution in [0.1, 0.15) is 16.4 Å². The predicted molar refractivity (Wildman–Crippen MR) is 63.3 cm³/mol. The van der Waals surface area contributed by atoms with Crippen molar-refractivity contribution in [2.24, 2.45) is 0 Å². The van der Waals surface area contributed by atoms with Crippen LogP contribution in [0.15, 0.2) is 33.4 Å². The molecule has 2 rings (SSSR count). The smallest absolute Gasteiger partial charge is 0.277 e. The Hall–Kier alpha value is -1.69. The molecule has 4 nitrogen and oxygen atoms in total. The molecule has 0 spiro atoms. The van der Waals surface area contributed by atoms with Crippen LogP contribution in [0.4, 0.5) is 10.1 Å². The number of hydrogen-bond acceptors (Lipinski definition) is 3. The highest BCUT2D eigenvalue weighted by Gasteiger charge is 2.12. The maximum Gasteiger partial charge on any atom is 0.277 e. The van der Waals surface area contributed by atoms with Crippen molar-refractivity contribution in [1.29, 1.82) is 0 Å². The van der Waals surface area contributed by atoms with Crippen LogP contribution in [0, 0.1) is 12.7 Å². The van der Waals surface area contributed by atoms with Crippen molar-refractivity contribution in [2.45, 2.75) is 6.92 Å². The van der Waals surface area contributed by atoms with Gasteiger partial charge in [-0.05, 0) is 18.2 Å². The summed E-state index contributed by atoms with van der Waals surface area (Å²) in [4.78, 5) is 15.5. The molecule has 17 heavy (non-hydrogen) atoms. The number of nitrogens with one attached hydrogen (secondary N) is 1. The Balaban J connectivity index is 2.18. The number of benzene rings is 1. The molecule has 1 aromatic heterocycles. The van der Waals surface area contributed by atoms with Gasteiger partial charge in [0.2, 0.25) is 0 Å². The highest BCUT2D eigenvalue weighted by molar-refractivity contribution is 9.10. The van der Waals surface area contributed by atoms with Crippen LogP contribution in [0.5, 0.6) is 0 Å². The van der Waals surface area contributed by atoms with Gasteiger partial charge in [-0.3, -0.25) is 4.79 Å². The molecule has 0 aliphatic rings. The normalized spacial score (nSPS) is 10.3. The lowest BCUT2D eigenvalue weighted by Gasteiger charge is -2.04. The quantitative estimate of drug-likeness (QED) is 0.927. The molecule has 0 radical (unpaired) electrons. The fourth-order valence-electron chi connectivity index (χ4n) is 1.24. The Kier molecular flexibility index (Phi) is 3.23. The Morgan fingerprint density at radius 3 is 2.88 bits per heavy atom. The number of nitrogens with zero attached hydrogens (tertiary/aromatic N) is 1. The first-order chi connectivity index (χ1) is 8.06. The van der Waals surface area contributed by atoms with Crippen molar-refractivity contribution in [3.8, 4) is 0 Å². The van der Waals surface area contributed by atoms with E-state index in [0.29, 0.717) is 10.4 Å². The molecule has 6 heteroatoms. The summed E-state index contributed by atoms with van der Waals surface area (Å²) in [6.45, 7) is 1.62. The molecule has 0 aliphatic carbocycles. The maximum atomic E-state index is 13.4. The van der Waals surface area contributed by atoms with Gasteiger partial charge in [-0.2, -0.15) is 0 Å². The highest BCUT2D eigenvalue weighted by atomic mass is 79.9. The van der Waals surface area contributed by atoms with Gasteiger partial charge in [0.1, 0.15) is 12.1 Å². The first kappa shape index (κ1) is 11.8. The Labute approximate surface area is 105 Å². The second kappa shape index (κ2) is 4.67. The Bertz CT molecular complexity index is 568. The van der Waals surface area contributed by atoms with Gasteiger partial charge in [0.25, 0.3) is 5.91 Å². The molecule has 0 fully saturated rings. The van der Waals surface area contributed by atoms with Gasteiger partial charge in [-0.15, -0.1) is 0 Å². The number of hydrogen-bond donors (Lipinski definition) is 1. The summed E-state index contributed by atoms with van der Waals surface area (Å²) >= 11 is 3.13. The van der Waals surface area contributed by atoms with E-state index >= 15 is 0 Å². The number of aryl methyl sites for hydroxylation is 1. The summed E-state index contributed by atoms with van der Waals surface area (Å²) in [5.74, 6) is -0.651. The molecule has 1 amide bonds. The number of aromatic nitrogens is 1. The van der Waals surface area contributed by atoms with Gasteiger partial charge in [0, 0.05) is 11.4 Å². The first-order valence-corrected chi connectivity index (χ1v) is 5.54. The molecule has 0 unspecified atom stereocenters. The standard InChI is InChI=1S/C11H8BrFN2O2/c1-6-14-10(5-17-6)11(16)15-9-3-2-7(12)4-8(9)13/h2-5H,1H3,(H,15,16). The number of anilines is 1. The second-order valence-electron chi connectivity index (χ2n) is 3.33. The van der Waals surface area contributed by atoms with Gasteiger partial charge < -0.3 is 9.73 Å². The molecule has 1 aromatic carbocycles. The number of carbonyl (C=O) groups excluding carboxylic acids is 1. The molecule has 0 aliphatic heterocycles. The van der Waals surface area contributed by atoms with E-state index in [1.165, 1.54) is 18.4 Å². The minimum absolute atomic E-state index is 0.0962. The topological polar surface area (TPSA) is 55.1 Å². The maximum absolute atomic E-state index is 13.4. The van der Waals surface area contributed by atoms with E-state index in [1.807, 2.05) is 0 Å². The molecular weight excluding hydrogens is 291 g/mol. The van der Waals surface area contributed by atoms with Crippen molar-refractivity contribution in [2.75, 3.05) is 5.32 Å². The van der Waals surface area contributed by atoms with Gasteiger partial charge in [-0.25, -0.2) is 9.37 Å². The van der Waals surface area contributed by atoms with Gasteiger partial charge in [-0.1, -0.05) is 15.9 Å². The van der Waals surface area contributed by atoms with E-state index < -0.39 is 11.7 Å². The number of carbonyl (C=O) groups is 1. The van der Waals surface area contributed by atoms with Crippen LogP contribution in [-0.2, 0) is 0 Å². The highest BCUT2D eigenvalue weighted by Crippen LogP contribution is 2.19. The molecule has 88 valence electrons. The Morgan fingerprint density at radius 1 is 1.53 bits per heavy atom. The van der Waals surface area contributed by atoms with Crippen LogP contribution in [0.3, 0.4) is 0 Å². The van der Waals surface area contributed by atoms with E-state index in [0.717, 1.165) is 0 Å². The number of amides is 1. The number of rotatable bonds is 2. The molecular formula is C11H8BrFN2O2. The second-order valence-corrected chi connectivity index (χ2v) is 4.25. The first-order valence-electron chi connectivity index (χ1n) is 4.75. The molecule has 0 saturated carbocycles. The van der Waals surface area contributed by atoms with Crippen LogP contribution < -0.4 is 5.32 Å². The van der Waals surface area contributed by atoms with E-state index in [4.69, 9.17) is 4.42 Å². The van der Waals surface area contributed by atoms with Gasteiger partial charge in [0.15, 0.2) is 11.6 Å². The van der Waals surface area contributed by atoms with E-state index in [1.54, 1.807) is 13.0 Å². The molecule has 1 heterocycles. The average Bonchev–Trinajstić information content (AvgIpc) is 2.69. The Morgan fingerprint density at radius 2 is 2.29 bits per heavy atom. The van der Waals surface area contributed by atoms with Crippen molar-refractivity contribution in [3.63, 3.8) is 0 Å². The monoisotopic (exact) mass is 298 g/mol. The summed E-state index contributed by atoms with van der Waals surface area (Å²) in [5.41, 5.74) is 0.212. The fourth-order valence-corrected chi connectivity index (χ4v) is 1.58. The summed E-state index contributed by atoms with van der Waals surface area (Å²) in [5, 5.41) is 2.41. The lowest BCUT2D eigenvalue weighted by molar-refractivity contribution is 0.102. The summed E-state index contributed by atoms with van der Waals surface area (Å²) in [7, 11) is 0. The van der Waals surface area contributed by atoms with Crippen molar-refractivity contribution < 1.29 is 13.6 Å². The predicted octanol–water partition coefficient (Wildman–Crippen LogP) is 3.14. The van der Waals surface area contributed by atoms with Crippen molar-refractivity contribution in [1.82, 2.24) is 4.98 Å². The minimum atomic E-state index is -0.520. The lowest BCUT2D eigenvalue weighted by atomic mass is 10.3. The zero-order valence-corrected chi connectivity index (χ0v) is 10.4. The lowest BCUT2D eigenvalue weighted by Crippen LogP contribution is -2.13. The minimum Gasteiger partial charge on any atom is -0.448 e. The van der Waals surface area contributed by atoms with Crippen molar-refractivity contribution in [3.05, 3.63) is 46.3 Å². The summed E-state index contributed by atoms with van der Waals surface area (Å²) in [6, 6.07) is 4.36. The van der Waals surface area contributed by atoms with E-state index in [2.05, 4.69) is 26.2 Å². The number of oxazole rings is 1.